The highest BCUT2D eigenvalue weighted by Crippen LogP contribution is 2.16. The number of carbonyl (C=O) groups is 2. The predicted molar refractivity (Wildman–Crippen MR) is 73.8 cm³/mol. The lowest BCUT2D eigenvalue weighted by atomic mass is 10.2. The average Bonchev–Trinajstić information content (AvgIpc) is 2.87. The van der Waals surface area contributed by atoms with Gasteiger partial charge in [0.25, 0.3) is 0 Å². The third-order valence-electron chi connectivity index (χ3n) is 3.69. The van der Waals surface area contributed by atoms with Crippen LogP contribution in [0.5, 0.6) is 0 Å². The van der Waals surface area contributed by atoms with Crippen molar-refractivity contribution < 1.29 is 14.3 Å². The number of likely N-dealkylation sites (tertiary alicyclic amines) is 1. The summed E-state index contributed by atoms with van der Waals surface area (Å²) in [4.78, 5) is 27.5. The molecule has 1 unspecified atom stereocenters. The summed E-state index contributed by atoms with van der Waals surface area (Å²) in [6.07, 6.45) is 1.50. The summed E-state index contributed by atoms with van der Waals surface area (Å²) in [6, 6.07) is 0.474. The normalized spacial score (nSPS) is 18.9. The van der Waals surface area contributed by atoms with Crippen molar-refractivity contribution in [2.45, 2.75) is 46.1 Å². The second kappa shape index (κ2) is 8.15. The van der Waals surface area contributed by atoms with Crippen LogP contribution in [0.4, 0.5) is 0 Å². The molecule has 1 fully saturated rings. The number of ether oxygens (including phenoxy) is 1. The molecule has 19 heavy (non-hydrogen) atoms. The Morgan fingerprint density at radius 2 is 1.89 bits per heavy atom. The Morgan fingerprint density at radius 3 is 2.47 bits per heavy atom. The van der Waals surface area contributed by atoms with E-state index in [-0.39, 0.29) is 24.7 Å². The average molecular weight is 270 g/mol. The van der Waals surface area contributed by atoms with Gasteiger partial charge in [0.2, 0.25) is 5.91 Å². The Hall–Kier alpha value is -1.10. The van der Waals surface area contributed by atoms with Crippen LogP contribution in [0.1, 0.15) is 40.0 Å². The van der Waals surface area contributed by atoms with Crippen LogP contribution in [0.25, 0.3) is 0 Å². The van der Waals surface area contributed by atoms with Gasteiger partial charge in [-0.3, -0.25) is 14.5 Å². The number of hydrogen-bond acceptors (Lipinski definition) is 4. The molecule has 1 aliphatic heterocycles. The minimum absolute atomic E-state index is 0.0720. The topological polar surface area (TPSA) is 49.9 Å². The molecular formula is C14H26N2O3. The highest BCUT2D eigenvalue weighted by Gasteiger charge is 2.29. The Bertz CT molecular complexity index is 303. The molecule has 5 nitrogen and oxygen atoms in total. The van der Waals surface area contributed by atoms with Crippen molar-refractivity contribution in [3.8, 4) is 0 Å². The third kappa shape index (κ3) is 4.82. The SMILES string of the molecule is CCOC(=O)CCC(=O)N1CCC(N(CC)CC)C1. The number of carbonyl (C=O) groups excluding carboxylic acids is 2. The number of amides is 1. The van der Waals surface area contributed by atoms with E-state index in [4.69, 9.17) is 4.74 Å². The van der Waals surface area contributed by atoms with E-state index in [1.807, 2.05) is 4.90 Å². The molecule has 1 aliphatic rings. The zero-order valence-electron chi connectivity index (χ0n) is 12.4. The van der Waals surface area contributed by atoms with Crippen LogP contribution < -0.4 is 0 Å². The predicted octanol–water partition coefficient (Wildman–Crippen LogP) is 1.27. The summed E-state index contributed by atoms with van der Waals surface area (Å²) in [5.41, 5.74) is 0. The van der Waals surface area contributed by atoms with Crippen molar-refractivity contribution in [1.82, 2.24) is 9.80 Å². The van der Waals surface area contributed by atoms with Gasteiger partial charge in [-0.1, -0.05) is 13.8 Å². The van der Waals surface area contributed by atoms with E-state index in [1.54, 1.807) is 6.92 Å². The van der Waals surface area contributed by atoms with Gasteiger partial charge in [0, 0.05) is 25.6 Å². The van der Waals surface area contributed by atoms with Crippen LogP contribution in [0, 0.1) is 0 Å². The number of esters is 1. The van der Waals surface area contributed by atoms with Crippen molar-refractivity contribution in [2.75, 3.05) is 32.8 Å². The molecule has 0 aromatic carbocycles. The summed E-state index contributed by atoms with van der Waals surface area (Å²) in [5, 5.41) is 0. The second-order valence-electron chi connectivity index (χ2n) is 4.81. The van der Waals surface area contributed by atoms with Gasteiger partial charge in [-0.05, 0) is 26.4 Å². The Balaban J connectivity index is 2.33. The van der Waals surface area contributed by atoms with Gasteiger partial charge < -0.3 is 9.64 Å². The molecule has 1 atom stereocenters. The number of likely N-dealkylation sites (N-methyl/N-ethyl adjacent to an activating group) is 1. The maximum atomic E-state index is 12.0. The van der Waals surface area contributed by atoms with Crippen LogP contribution >= 0.6 is 0 Å². The first-order chi connectivity index (χ1) is 9.12. The lowest BCUT2D eigenvalue weighted by Crippen LogP contribution is -2.38. The molecule has 1 heterocycles. The first kappa shape index (κ1) is 16.0. The van der Waals surface area contributed by atoms with Crippen molar-refractivity contribution in [2.24, 2.45) is 0 Å². The summed E-state index contributed by atoms with van der Waals surface area (Å²) in [7, 11) is 0. The van der Waals surface area contributed by atoms with E-state index in [0.717, 1.165) is 32.6 Å². The van der Waals surface area contributed by atoms with Crippen LogP contribution in [0.3, 0.4) is 0 Å². The molecule has 1 amide bonds. The molecular weight excluding hydrogens is 244 g/mol. The molecule has 0 aromatic heterocycles. The molecule has 1 saturated heterocycles. The van der Waals surface area contributed by atoms with Crippen LogP contribution in [0.15, 0.2) is 0 Å². The standard InChI is InChI=1S/C14H26N2O3/c1-4-15(5-2)12-9-10-16(11-12)13(17)7-8-14(18)19-6-3/h12H,4-11H2,1-3H3. The highest BCUT2D eigenvalue weighted by atomic mass is 16.5. The van der Waals surface area contributed by atoms with Crippen molar-refractivity contribution in [3.05, 3.63) is 0 Å². The number of nitrogens with zero attached hydrogens (tertiary/aromatic N) is 2. The monoisotopic (exact) mass is 270 g/mol. The third-order valence-corrected chi connectivity index (χ3v) is 3.69. The Morgan fingerprint density at radius 1 is 1.21 bits per heavy atom. The van der Waals surface area contributed by atoms with Gasteiger partial charge in [0.1, 0.15) is 0 Å². The summed E-state index contributed by atoms with van der Waals surface area (Å²) in [5.74, 6) is -0.210. The minimum Gasteiger partial charge on any atom is -0.466 e. The Kier molecular flexibility index (Phi) is 6.84. The largest absolute Gasteiger partial charge is 0.466 e. The molecule has 0 radical (unpaired) electrons. The molecule has 0 spiro atoms. The summed E-state index contributed by atoms with van der Waals surface area (Å²) < 4.78 is 4.83. The zero-order valence-corrected chi connectivity index (χ0v) is 12.4. The molecule has 0 N–H and O–H groups in total. The fourth-order valence-electron chi connectivity index (χ4n) is 2.61. The molecule has 0 aromatic rings. The van der Waals surface area contributed by atoms with Crippen molar-refractivity contribution in [1.29, 1.82) is 0 Å². The van der Waals surface area contributed by atoms with Crippen LogP contribution in [0.2, 0.25) is 0 Å². The Labute approximate surface area is 115 Å². The van der Waals surface area contributed by atoms with Gasteiger partial charge in [-0.25, -0.2) is 0 Å². The highest BCUT2D eigenvalue weighted by molar-refractivity contribution is 5.81. The van der Waals surface area contributed by atoms with Gasteiger partial charge in [0.15, 0.2) is 0 Å². The molecule has 0 aliphatic carbocycles. The quantitative estimate of drug-likeness (QED) is 0.654. The molecule has 0 saturated carbocycles. The maximum Gasteiger partial charge on any atom is 0.306 e. The molecule has 0 bridgehead atoms. The first-order valence-electron chi connectivity index (χ1n) is 7.29. The van der Waals surface area contributed by atoms with Crippen LogP contribution in [-0.2, 0) is 14.3 Å². The molecule has 5 heteroatoms. The lowest BCUT2D eigenvalue weighted by molar-refractivity contribution is -0.145. The van der Waals surface area contributed by atoms with E-state index in [2.05, 4.69) is 18.7 Å². The molecule has 110 valence electrons. The number of rotatable bonds is 7. The van der Waals surface area contributed by atoms with Gasteiger partial charge in [-0.2, -0.15) is 0 Å². The van der Waals surface area contributed by atoms with E-state index >= 15 is 0 Å². The van der Waals surface area contributed by atoms with E-state index < -0.39 is 0 Å². The van der Waals surface area contributed by atoms with E-state index in [1.165, 1.54) is 0 Å². The molecule has 1 rings (SSSR count). The van der Waals surface area contributed by atoms with Gasteiger partial charge in [-0.15, -0.1) is 0 Å². The van der Waals surface area contributed by atoms with Crippen molar-refractivity contribution >= 4 is 11.9 Å². The zero-order chi connectivity index (χ0) is 14.3. The van der Waals surface area contributed by atoms with Crippen molar-refractivity contribution in [3.63, 3.8) is 0 Å². The second-order valence-corrected chi connectivity index (χ2v) is 4.81. The smallest absolute Gasteiger partial charge is 0.306 e. The van der Waals surface area contributed by atoms with E-state index in [9.17, 15) is 9.59 Å². The summed E-state index contributed by atoms with van der Waals surface area (Å²) >= 11 is 0. The van der Waals surface area contributed by atoms with Gasteiger partial charge in [0.05, 0.1) is 13.0 Å². The summed E-state index contributed by atoms with van der Waals surface area (Å²) in [6.45, 7) is 10.1. The lowest BCUT2D eigenvalue weighted by Gasteiger charge is -2.26. The van der Waals surface area contributed by atoms with Crippen LogP contribution in [-0.4, -0.2) is 60.5 Å². The number of hydrogen-bond donors (Lipinski definition) is 0. The maximum absolute atomic E-state index is 12.0. The fraction of sp³-hybridized carbons (Fsp3) is 0.857. The minimum atomic E-state index is -0.282. The fourth-order valence-corrected chi connectivity index (χ4v) is 2.61. The van der Waals surface area contributed by atoms with Gasteiger partial charge >= 0.3 is 5.97 Å². The first-order valence-corrected chi connectivity index (χ1v) is 7.29. The van der Waals surface area contributed by atoms with E-state index in [0.29, 0.717) is 12.6 Å².